The maximum Gasteiger partial charge on any atom is 0.230 e. The molecule has 6 heteroatoms. The van der Waals surface area contributed by atoms with E-state index in [2.05, 4.69) is 47.5 Å². The molecule has 0 atom stereocenters. The molecule has 1 rings (SSSR count). The van der Waals surface area contributed by atoms with Crippen molar-refractivity contribution in [3.8, 4) is 0 Å². The van der Waals surface area contributed by atoms with Crippen LogP contribution in [0.3, 0.4) is 0 Å². The summed E-state index contributed by atoms with van der Waals surface area (Å²) in [6.07, 6.45) is 1.44. The van der Waals surface area contributed by atoms with E-state index in [1.807, 2.05) is 0 Å². The summed E-state index contributed by atoms with van der Waals surface area (Å²) in [6.45, 7) is 8.39. The van der Waals surface area contributed by atoms with Gasteiger partial charge in [-0.2, -0.15) is 4.98 Å². The average molecular weight is 226 g/mol. The predicted octanol–water partition coefficient (Wildman–Crippen LogP) is 1.12. The molecule has 0 aliphatic rings. The zero-order chi connectivity index (χ0) is 12.7. The van der Waals surface area contributed by atoms with Gasteiger partial charge in [0.05, 0.1) is 7.11 Å². The molecular weight excluding hydrogens is 206 g/mol. The quantitative estimate of drug-likeness (QED) is 0.834. The lowest BCUT2D eigenvalue weighted by atomic mass is 10.2. The second-order valence-electron chi connectivity index (χ2n) is 3.74. The Hall–Kier alpha value is -1.43. The monoisotopic (exact) mass is 226 g/mol. The standard InChI is InChI=1S/C9H17N5.CH3O/c1-6(2)14(7(3)4)9-12-5-11-8(10)13-9;1-2/h5-7H,1-4H3,(H2,10,11,12,13);1H3. The summed E-state index contributed by atoms with van der Waals surface area (Å²) in [5.41, 5.74) is 5.51. The molecule has 6 nitrogen and oxygen atoms in total. The summed E-state index contributed by atoms with van der Waals surface area (Å²) in [5, 5.41) is 8.25. The fourth-order valence-electron chi connectivity index (χ4n) is 1.48. The molecule has 0 unspecified atom stereocenters. The van der Waals surface area contributed by atoms with Crippen LogP contribution in [0.4, 0.5) is 11.9 Å². The van der Waals surface area contributed by atoms with Gasteiger partial charge in [-0.3, -0.25) is 0 Å². The van der Waals surface area contributed by atoms with Crippen molar-refractivity contribution < 1.29 is 5.11 Å². The maximum atomic E-state index is 8.25. The van der Waals surface area contributed by atoms with Crippen LogP contribution in [0.1, 0.15) is 27.7 Å². The molecule has 1 heterocycles. The van der Waals surface area contributed by atoms with E-state index in [-0.39, 0.29) is 5.95 Å². The molecule has 0 aliphatic carbocycles. The summed E-state index contributed by atoms with van der Waals surface area (Å²) in [7, 11) is 0.750. The van der Waals surface area contributed by atoms with Gasteiger partial charge in [0.25, 0.3) is 0 Å². The van der Waals surface area contributed by atoms with Crippen LogP contribution in [0.15, 0.2) is 6.33 Å². The van der Waals surface area contributed by atoms with Gasteiger partial charge >= 0.3 is 0 Å². The highest BCUT2D eigenvalue weighted by Crippen LogP contribution is 2.14. The summed E-state index contributed by atoms with van der Waals surface area (Å²) in [4.78, 5) is 14.1. The van der Waals surface area contributed by atoms with E-state index in [1.54, 1.807) is 0 Å². The van der Waals surface area contributed by atoms with Crippen LogP contribution in [0.2, 0.25) is 0 Å². The number of nitrogen functional groups attached to an aromatic ring is 1. The van der Waals surface area contributed by atoms with Crippen molar-refractivity contribution in [2.45, 2.75) is 39.8 Å². The lowest BCUT2D eigenvalue weighted by Crippen LogP contribution is -2.38. The van der Waals surface area contributed by atoms with Crippen molar-refractivity contribution in [3.05, 3.63) is 6.33 Å². The highest BCUT2D eigenvalue weighted by Gasteiger charge is 2.16. The number of rotatable bonds is 3. The predicted molar refractivity (Wildman–Crippen MR) is 63.6 cm³/mol. The molecule has 0 fully saturated rings. The maximum absolute atomic E-state index is 8.25. The van der Waals surface area contributed by atoms with E-state index < -0.39 is 0 Å². The molecule has 0 saturated heterocycles. The van der Waals surface area contributed by atoms with Gasteiger partial charge in [-0.25, -0.2) is 15.1 Å². The summed E-state index contributed by atoms with van der Waals surface area (Å²) in [5.74, 6) is 0.906. The minimum atomic E-state index is 0.265. The molecule has 91 valence electrons. The van der Waals surface area contributed by atoms with Crippen LogP contribution >= 0.6 is 0 Å². The summed E-state index contributed by atoms with van der Waals surface area (Å²) < 4.78 is 0. The SMILES string of the molecule is CC(C)N(c1ncnc(N)n1)C(C)C.C[O]. The Bertz CT molecular complexity index is 295. The van der Waals surface area contributed by atoms with Crippen LogP contribution in [0.5, 0.6) is 0 Å². The van der Waals surface area contributed by atoms with E-state index in [9.17, 15) is 0 Å². The Labute approximate surface area is 96.5 Å². The highest BCUT2D eigenvalue weighted by molar-refractivity contribution is 5.35. The number of anilines is 2. The van der Waals surface area contributed by atoms with Gasteiger partial charge in [-0.15, -0.1) is 0 Å². The number of nitrogens with zero attached hydrogens (tertiary/aromatic N) is 4. The normalized spacial score (nSPS) is 10.0. The van der Waals surface area contributed by atoms with Gasteiger partial charge in [-0.1, -0.05) is 0 Å². The number of hydrogen-bond donors (Lipinski definition) is 1. The Balaban J connectivity index is 0.00000106. The molecular formula is C10H20N5O. The van der Waals surface area contributed by atoms with Gasteiger partial charge in [0.15, 0.2) is 0 Å². The van der Waals surface area contributed by atoms with E-state index in [4.69, 9.17) is 10.8 Å². The first-order valence-electron chi connectivity index (χ1n) is 5.16. The molecule has 0 aromatic carbocycles. The second kappa shape index (κ2) is 6.95. The van der Waals surface area contributed by atoms with Gasteiger partial charge in [0, 0.05) is 12.1 Å². The van der Waals surface area contributed by atoms with Crippen LogP contribution < -0.4 is 10.6 Å². The Morgan fingerprint density at radius 1 is 1.12 bits per heavy atom. The molecule has 0 bridgehead atoms. The second-order valence-corrected chi connectivity index (χ2v) is 3.74. The molecule has 0 amide bonds. The molecule has 1 radical (unpaired) electrons. The van der Waals surface area contributed by atoms with Crippen molar-refractivity contribution in [1.82, 2.24) is 15.0 Å². The van der Waals surface area contributed by atoms with Crippen LogP contribution in [-0.2, 0) is 5.11 Å². The average Bonchev–Trinajstić information content (AvgIpc) is 2.19. The molecule has 0 aliphatic heterocycles. The molecule has 16 heavy (non-hydrogen) atoms. The first-order chi connectivity index (χ1) is 7.52. The first-order valence-corrected chi connectivity index (χ1v) is 5.16. The summed E-state index contributed by atoms with van der Waals surface area (Å²) >= 11 is 0. The van der Waals surface area contributed by atoms with Crippen molar-refractivity contribution in [3.63, 3.8) is 0 Å². The molecule has 1 aromatic rings. The highest BCUT2D eigenvalue weighted by atomic mass is 16.2. The van der Waals surface area contributed by atoms with Gasteiger partial charge in [0.1, 0.15) is 6.33 Å². The molecule has 2 N–H and O–H groups in total. The van der Waals surface area contributed by atoms with Gasteiger partial charge < -0.3 is 10.6 Å². The Kier molecular flexibility index (Phi) is 6.32. The van der Waals surface area contributed by atoms with E-state index in [0.29, 0.717) is 18.0 Å². The number of hydrogen-bond acceptors (Lipinski definition) is 5. The number of nitrogens with two attached hydrogens (primary N) is 1. The number of aromatic nitrogens is 3. The van der Waals surface area contributed by atoms with Gasteiger partial charge in [0.2, 0.25) is 11.9 Å². The fourth-order valence-corrected chi connectivity index (χ4v) is 1.48. The van der Waals surface area contributed by atoms with E-state index in [1.165, 1.54) is 6.33 Å². The first kappa shape index (κ1) is 14.6. The van der Waals surface area contributed by atoms with Crippen molar-refractivity contribution in [1.29, 1.82) is 0 Å². The zero-order valence-electron chi connectivity index (χ0n) is 10.5. The van der Waals surface area contributed by atoms with E-state index >= 15 is 0 Å². The van der Waals surface area contributed by atoms with E-state index in [0.717, 1.165) is 7.11 Å². The molecule has 0 saturated carbocycles. The van der Waals surface area contributed by atoms with Gasteiger partial charge in [-0.05, 0) is 27.7 Å². The smallest absolute Gasteiger partial charge is 0.230 e. The van der Waals surface area contributed by atoms with Crippen LogP contribution in [0, 0.1) is 0 Å². The lowest BCUT2D eigenvalue weighted by molar-refractivity contribution is 0.282. The summed E-state index contributed by atoms with van der Waals surface area (Å²) in [6, 6.07) is 0.689. The third kappa shape index (κ3) is 3.98. The molecule has 0 spiro atoms. The topological polar surface area (TPSA) is 87.8 Å². The fraction of sp³-hybridized carbons (Fsp3) is 0.700. The third-order valence-electron chi connectivity index (χ3n) is 1.92. The van der Waals surface area contributed by atoms with Crippen LogP contribution in [0.25, 0.3) is 0 Å². The van der Waals surface area contributed by atoms with Crippen molar-refractivity contribution in [2.24, 2.45) is 0 Å². The van der Waals surface area contributed by atoms with Crippen molar-refractivity contribution in [2.75, 3.05) is 17.7 Å². The Morgan fingerprint density at radius 3 is 2.00 bits per heavy atom. The minimum Gasteiger partial charge on any atom is -0.368 e. The van der Waals surface area contributed by atoms with Crippen molar-refractivity contribution >= 4 is 11.9 Å². The molecule has 1 aromatic heterocycles. The Morgan fingerprint density at radius 2 is 1.62 bits per heavy atom. The largest absolute Gasteiger partial charge is 0.368 e. The zero-order valence-corrected chi connectivity index (χ0v) is 10.5. The third-order valence-corrected chi connectivity index (χ3v) is 1.92. The lowest BCUT2D eigenvalue weighted by Gasteiger charge is -2.30. The minimum absolute atomic E-state index is 0.265. The van der Waals surface area contributed by atoms with Crippen LogP contribution in [-0.4, -0.2) is 34.1 Å².